The van der Waals surface area contributed by atoms with Gasteiger partial charge in [0.05, 0.1) is 4.92 Å². The first-order chi connectivity index (χ1) is 12.5. The lowest BCUT2D eigenvalue weighted by Crippen LogP contribution is -2.01. The molecule has 0 saturated heterocycles. The molecule has 0 aromatic heterocycles. The molecule has 0 aliphatic heterocycles. The summed E-state index contributed by atoms with van der Waals surface area (Å²) in [4.78, 5) is 12.2. The fourth-order valence-electron chi connectivity index (χ4n) is 2.33. The van der Waals surface area contributed by atoms with Crippen LogP contribution >= 0.6 is 11.8 Å². The van der Waals surface area contributed by atoms with E-state index in [0.717, 1.165) is 15.4 Å². The summed E-state index contributed by atoms with van der Waals surface area (Å²) in [6.07, 6.45) is 0. The Bertz CT molecular complexity index is 932. The van der Waals surface area contributed by atoms with E-state index in [-0.39, 0.29) is 11.4 Å². The van der Waals surface area contributed by atoms with E-state index in [4.69, 9.17) is 0 Å². The monoisotopic (exact) mass is 370 g/mol. The highest BCUT2D eigenvalue weighted by atomic mass is 32.2. The van der Waals surface area contributed by atoms with Crippen LogP contribution in [0.5, 0.6) is 5.75 Å². The van der Waals surface area contributed by atoms with Crippen LogP contribution in [0.2, 0.25) is 0 Å². The molecule has 5 nitrogen and oxygen atoms in total. The van der Waals surface area contributed by atoms with Crippen molar-refractivity contribution in [1.82, 2.24) is 0 Å². The Morgan fingerprint density at radius 1 is 1.08 bits per heavy atom. The van der Waals surface area contributed by atoms with Crippen molar-refractivity contribution >= 4 is 23.1 Å². The number of aromatic hydroxyl groups is 1. The fourth-order valence-corrected chi connectivity index (χ4v) is 3.27. The van der Waals surface area contributed by atoms with Gasteiger partial charge in [0.25, 0.3) is 5.69 Å². The number of benzene rings is 3. The third-order valence-corrected chi connectivity index (χ3v) is 4.80. The third-order valence-electron chi connectivity index (χ3n) is 3.68. The highest BCUT2D eigenvalue weighted by molar-refractivity contribution is 7.99. The van der Waals surface area contributed by atoms with Gasteiger partial charge in [0.15, 0.2) is 11.6 Å². The van der Waals surface area contributed by atoms with Crippen molar-refractivity contribution in [2.75, 3.05) is 5.32 Å². The summed E-state index contributed by atoms with van der Waals surface area (Å²) in [6.45, 7) is 0.473. The van der Waals surface area contributed by atoms with E-state index in [1.54, 1.807) is 18.2 Å². The van der Waals surface area contributed by atoms with Gasteiger partial charge in [0, 0.05) is 40.2 Å². The number of hydrogen-bond acceptors (Lipinski definition) is 5. The molecule has 0 spiro atoms. The largest absolute Gasteiger partial charge is 0.505 e. The van der Waals surface area contributed by atoms with Crippen LogP contribution in [-0.4, -0.2) is 10.0 Å². The molecule has 0 amide bonds. The van der Waals surface area contributed by atoms with Crippen LogP contribution in [0.25, 0.3) is 0 Å². The molecule has 0 aliphatic carbocycles. The van der Waals surface area contributed by atoms with Crippen molar-refractivity contribution in [3.05, 3.63) is 88.2 Å². The summed E-state index contributed by atoms with van der Waals surface area (Å²) in [5, 5.41) is 23.1. The molecule has 0 unspecified atom stereocenters. The first-order valence-electron chi connectivity index (χ1n) is 7.75. The van der Waals surface area contributed by atoms with Gasteiger partial charge in [-0.15, -0.1) is 0 Å². The zero-order valence-electron chi connectivity index (χ0n) is 13.6. The number of phenolic OH excluding ortho intramolecular Hbond substituents is 1. The van der Waals surface area contributed by atoms with Crippen molar-refractivity contribution in [1.29, 1.82) is 0 Å². The Morgan fingerprint density at radius 3 is 2.50 bits per heavy atom. The number of phenols is 1. The maximum Gasteiger partial charge on any atom is 0.269 e. The second-order valence-electron chi connectivity index (χ2n) is 5.48. The lowest BCUT2D eigenvalue weighted by Gasteiger charge is -2.11. The Morgan fingerprint density at radius 2 is 1.81 bits per heavy atom. The van der Waals surface area contributed by atoms with Gasteiger partial charge in [0.2, 0.25) is 0 Å². The Kier molecular flexibility index (Phi) is 5.38. The van der Waals surface area contributed by atoms with Gasteiger partial charge in [-0.25, -0.2) is 4.39 Å². The number of rotatable bonds is 6. The molecule has 7 heteroatoms. The number of nitrogens with zero attached hydrogens (tertiary/aromatic N) is 1. The number of hydrogen-bond donors (Lipinski definition) is 2. The molecule has 0 atom stereocenters. The molecule has 2 N–H and O–H groups in total. The molecule has 132 valence electrons. The number of halogens is 1. The molecule has 0 bridgehead atoms. The SMILES string of the molecule is O=[N+]([O-])c1ccc(Sc2ccccc2CNc2ccc(O)c(F)c2)cc1. The second kappa shape index (κ2) is 7.88. The first-order valence-corrected chi connectivity index (χ1v) is 8.57. The quantitative estimate of drug-likeness (QED) is 0.354. The standard InChI is InChI=1S/C19H15FN2O3S/c20-17-11-14(5-10-18(17)23)21-12-13-3-1-2-4-19(13)26-16-8-6-15(7-9-16)22(24)25/h1-11,21,23H,12H2. The summed E-state index contributed by atoms with van der Waals surface area (Å²) in [6, 6.07) is 18.3. The highest BCUT2D eigenvalue weighted by Crippen LogP contribution is 2.32. The zero-order valence-corrected chi connectivity index (χ0v) is 14.4. The number of nitro benzene ring substituents is 1. The third kappa shape index (κ3) is 4.31. The predicted octanol–water partition coefficient (Wildman–Crippen LogP) is 5.20. The van der Waals surface area contributed by atoms with E-state index in [2.05, 4.69) is 5.32 Å². The Labute approximate surface area is 153 Å². The Balaban J connectivity index is 1.73. The van der Waals surface area contributed by atoms with Crippen molar-refractivity contribution in [2.24, 2.45) is 0 Å². The molecule has 3 aromatic carbocycles. The maximum atomic E-state index is 13.4. The minimum Gasteiger partial charge on any atom is -0.505 e. The highest BCUT2D eigenvalue weighted by Gasteiger charge is 2.08. The van der Waals surface area contributed by atoms with E-state index in [1.165, 1.54) is 36.0 Å². The van der Waals surface area contributed by atoms with Gasteiger partial charge in [-0.3, -0.25) is 10.1 Å². The smallest absolute Gasteiger partial charge is 0.269 e. The van der Waals surface area contributed by atoms with Crippen LogP contribution in [-0.2, 0) is 6.54 Å². The van der Waals surface area contributed by atoms with Gasteiger partial charge in [-0.2, -0.15) is 0 Å². The summed E-state index contributed by atoms with van der Waals surface area (Å²) in [5.41, 5.74) is 1.62. The van der Waals surface area contributed by atoms with E-state index in [1.807, 2.05) is 24.3 Å². The zero-order chi connectivity index (χ0) is 18.5. The van der Waals surface area contributed by atoms with Crippen LogP contribution in [0.3, 0.4) is 0 Å². The van der Waals surface area contributed by atoms with Gasteiger partial charge in [0.1, 0.15) is 0 Å². The van der Waals surface area contributed by atoms with Gasteiger partial charge in [-0.05, 0) is 35.9 Å². The molecular weight excluding hydrogens is 355 g/mol. The topological polar surface area (TPSA) is 75.4 Å². The van der Waals surface area contributed by atoms with Crippen LogP contribution < -0.4 is 5.32 Å². The van der Waals surface area contributed by atoms with Crippen LogP contribution in [0.4, 0.5) is 15.8 Å². The number of anilines is 1. The fraction of sp³-hybridized carbons (Fsp3) is 0.0526. The lowest BCUT2D eigenvalue weighted by atomic mass is 10.2. The van der Waals surface area contributed by atoms with Crippen LogP contribution in [0.1, 0.15) is 5.56 Å². The molecule has 0 radical (unpaired) electrons. The maximum absolute atomic E-state index is 13.4. The molecule has 0 fully saturated rings. The lowest BCUT2D eigenvalue weighted by molar-refractivity contribution is -0.384. The number of nitrogens with one attached hydrogen (secondary N) is 1. The predicted molar refractivity (Wildman–Crippen MR) is 99.1 cm³/mol. The van der Waals surface area contributed by atoms with Gasteiger partial charge in [-0.1, -0.05) is 30.0 Å². The van der Waals surface area contributed by atoms with Crippen LogP contribution in [0, 0.1) is 15.9 Å². The summed E-state index contributed by atoms with van der Waals surface area (Å²) >= 11 is 1.50. The first kappa shape index (κ1) is 17.8. The summed E-state index contributed by atoms with van der Waals surface area (Å²) < 4.78 is 13.4. The van der Waals surface area contributed by atoms with E-state index < -0.39 is 10.7 Å². The van der Waals surface area contributed by atoms with E-state index in [0.29, 0.717) is 12.2 Å². The number of nitro groups is 1. The molecule has 0 heterocycles. The van der Waals surface area contributed by atoms with Gasteiger partial charge >= 0.3 is 0 Å². The summed E-state index contributed by atoms with van der Waals surface area (Å²) in [5.74, 6) is -1.06. The molecular formula is C19H15FN2O3S. The summed E-state index contributed by atoms with van der Waals surface area (Å²) in [7, 11) is 0. The molecule has 26 heavy (non-hydrogen) atoms. The average molecular weight is 370 g/mol. The molecule has 0 saturated carbocycles. The minimum atomic E-state index is -0.677. The molecule has 3 rings (SSSR count). The van der Waals surface area contributed by atoms with Gasteiger partial charge < -0.3 is 10.4 Å². The Hall–Kier alpha value is -3.06. The second-order valence-corrected chi connectivity index (χ2v) is 6.60. The van der Waals surface area contributed by atoms with Crippen molar-refractivity contribution in [2.45, 2.75) is 16.3 Å². The molecule has 0 aliphatic rings. The van der Waals surface area contributed by atoms with E-state index in [9.17, 15) is 19.6 Å². The number of non-ortho nitro benzene ring substituents is 1. The van der Waals surface area contributed by atoms with E-state index >= 15 is 0 Å². The van der Waals surface area contributed by atoms with Crippen molar-refractivity contribution in [3.63, 3.8) is 0 Å². The van der Waals surface area contributed by atoms with Crippen molar-refractivity contribution in [3.8, 4) is 5.75 Å². The normalized spacial score (nSPS) is 10.5. The molecule has 3 aromatic rings. The minimum absolute atomic E-state index is 0.0543. The van der Waals surface area contributed by atoms with Crippen LogP contribution in [0.15, 0.2) is 76.5 Å². The van der Waals surface area contributed by atoms with Crippen molar-refractivity contribution < 1.29 is 14.4 Å². The average Bonchev–Trinajstić information content (AvgIpc) is 2.64.